The van der Waals surface area contributed by atoms with E-state index >= 15 is 0 Å². The van der Waals surface area contributed by atoms with Crippen LogP contribution in [-0.2, 0) is 11.2 Å². The molecule has 0 aliphatic carbocycles. The summed E-state index contributed by atoms with van der Waals surface area (Å²) in [6.45, 7) is 2.98. The van der Waals surface area contributed by atoms with Crippen LogP contribution >= 0.6 is 0 Å². The number of hydrogen-bond acceptors (Lipinski definition) is 10. The third kappa shape index (κ3) is 4.52. The van der Waals surface area contributed by atoms with Crippen molar-refractivity contribution in [3.05, 3.63) is 71.8 Å². The molecule has 1 aliphatic rings. The van der Waals surface area contributed by atoms with Gasteiger partial charge in [0.15, 0.2) is 17.3 Å². The Balaban J connectivity index is 1.27. The van der Waals surface area contributed by atoms with Gasteiger partial charge in [0.25, 0.3) is 0 Å². The zero-order chi connectivity index (χ0) is 26.1. The van der Waals surface area contributed by atoms with Gasteiger partial charge in [0.05, 0.1) is 24.2 Å². The van der Waals surface area contributed by atoms with E-state index in [1.165, 1.54) is 0 Å². The number of nitrogens with one attached hydrogen (secondary N) is 1. The monoisotopic (exact) mass is 509 g/mol. The Bertz CT molecular complexity index is 1650. The highest BCUT2D eigenvalue weighted by Crippen LogP contribution is 2.25. The summed E-state index contributed by atoms with van der Waals surface area (Å²) in [7, 11) is 0. The molecule has 1 aromatic carbocycles. The van der Waals surface area contributed by atoms with Gasteiger partial charge in [0, 0.05) is 24.1 Å². The van der Waals surface area contributed by atoms with Gasteiger partial charge in [-0.3, -0.25) is 4.57 Å². The molecule has 1 saturated heterocycles. The minimum absolute atomic E-state index is 0.0289. The lowest BCUT2D eigenvalue weighted by atomic mass is 10.2. The molecular formula is C26H23N9O3. The van der Waals surface area contributed by atoms with Crippen LogP contribution in [0.1, 0.15) is 17.0 Å². The summed E-state index contributed by atoms with van der Waals surface area (Å²) < 4.78 is 14.3. The number of aromatic nitrogens is 7. The molecule has 38 heavy (non-hydrogen) atoms. The molecule has 190 valence electrons. The first-order valence-electron chi connectivity index (χ1n) is 12.0. The number of imidazole rings is 1. The third-order valence-electron chi connectivity index (χ3n) is 6.13. The number of aliphatic hydroxyl groups excluding tert-OH is 1. The van der Waals surface area contributed by atoms with Crippen LogP contribution in [0.25, 0.3) is 22.7 Å². The Morgan fingerprint density at radius 1 is 1.16 bits per heavy atom. The Hall–Kier alpha value is -4.86. The zero-order valence-electron chi connectivity index (χ0n) is 20.4. The van der Waals surface area contributed by atoms with Crippen molar-refractivity contribution >= 4 is 22.5 Å². The smallest absolute Gasteiger partial charge is 0.233 e. The van der Waals surface area contributed by atoms with Crippen molar-refractivity contribution < 1.29 is 14.6 Å². The minimum Gasteiger partial charge on any atom is -0.468 e. The summed E-state index contributed by atoms with van der Waals surface area (Å²) >= 11 is 0. The van der Waals surface area contributed by atoms with Gasteiger partial charge in [0.1, 0.15) is 24.3 Å². The van der Waals surface area contributed by atoms with Crippen LogP contribution in [0.3, 0.4) is 0 Å². The van der Waals surface area contributed by atoms with Gasteiger partial charge >= 0.3 is 0 Å². The van der Waals surface area contributed by atoms with Gasteiger partial charge in [-0.05, 0) is 55.3 Å². The lowest BCUT2D eigenvalue weighted by Gasteiger charge is -2.25. The van der Waals surface area contributed by atoms with Crippen molar-refractivity contribution in [3.8, 4) is 23.6 Å². The summed E-state index contributed by atoms with van der Waals surface area (Å²) in [6, 6.07) is 16.9. The Labute approximate surface area is 217 Å². The molecule has 0 amide bonds. The summed E-state index contributed by atoms with van der Waals surface area (Å²) in [4.78, 5) is 9.41. The molecule has 5 aromatic rings. The van der Waals surface area contributed by atoms with E-state index in [1.54, 1.807) is 29.2 Å². The van der Waals surface area contributed by atoms with Gasteiger partial charge in [-0.15, -0.1) is 10.2 Å². The van der Waals surface area contributed by atoms with Crippen molar-refractivity contribution in [2.24, 2.45) is 0 Å². The van der Waals surface area contributed by atoms with Gasteiger partial charge < -0.3 is 19.9 Å². The van der Waals surface area contributed by atoms with Crippen molar-refractivity contribution in [1.82, 2.24) is 34.5 Å². The molecule has 0 saturated carbocycles. The van der Waals surface area contributed by atoms with Crippen molar-refractivity contribution in [1.29, 1.82) is 5.26 Å². The molecule has 0 unspecified atom stereocenters. The summed E-state index contributed by atoms with van der Waals surface area (Å²) in [5, 5.41) is 34.7. The van der Waals surface area contributed by atoms with Crippen LogP contribution in [0.15, 0.2) is 54.9 Å². The van der Waals surface area contributed by atoms with E-state index < -0.39 is 0 Å². The van der Waals surface area contributed by atoms with Crippen molar-refractivity contribution in [2.75, 3.05) is 25.1 Å². The summed E-state index contributed by atoms with van der Waals surface area (Å²) in [6.07, 6.45) is 2.16. The predicted molar refractivity (Wildman–Crippen MR) is 137 cm³/mol. The first-order chi connectivity index (χ1) is 18.6. The largest absolute Gasteiger partial charge is 0.468 e. The van der Waals surface area contributed by atoms with Crippen LogP contribution in [0.4, 0.5) is 11.5 Å². The Morgan fingerprint density at radius 2 is 2.05 bits per heavy atom. The van der Waals surface area contributed by atoms with E-state index in [0.29, 0.717) is 48.7 Å². The fourth-order valence-corrected chi connectivity index (χ4v) is 4.17. The summed E-state index contributed by atoms with van der Waals surface area (Å²) in [5.74, 6) is 2.24. The number of aliphatic hydroxyl groups is 1. The van der Waals surface area contributed by atoms with E-state index in [4.69, 9.17) is 14.5 Å². The quantitative estimate of drug-likeness (QED) is 0.320. The van der Waals surface area contributed by atoms with Crippen molar-refractivity contribution in [3.63, 3.8) is 0 Å². The number of aryl methyl sites for hydroxylation is 1. The molecule has 1 aliphatic heterocycles. The number of nitriles is 1. The lowest BCUT2D eigenvalue weighted by Crippen LogP contribution is -2.38. The highest BCUT2D eigenvalue weighted by Gasteiger charge is 2.20. The molecule has 12 nitrogen and oxygen atoms in total. The van der Waals surface area contributed by atoms with Crippen LogP contribution in [0.2, 0.25) is 0 Å². The topological polar surface area (TPSA) is 149 Å². The van der Waals surface area contributed by atoms with E-state index in [0.717, 1.165) is 28.0 Å². The maximum atomic E-state index is 9.55. The highest BCUT2D eigenvalue weighted by molar-refractivity contribution is 5.82. The zero-order valence-corrected chi connectivity index (χ0v) is 20.4. The molecule has 4 aromatic heterocycles. The van der Waals surface area contributed by atoms with Crippen LogP contribution in [-0.4, -0.2) is 65.5 Å². The number of pyridine rings is 1. The second-order valence-corrected chi connectivity index (χ2v) is 8.80. The van der Waals surface area contributed by atoms with E-state index in [9.17, 15) is 10.4 Å². The number of hydrogen-bond donors (Lipinski definition) is 2. The average Bonchev–Trinajstić information content (AvgIpc) is 3.50. The van der Waals surface area contributed by atoms with E-state index in [2.05, 4.69) is 31.7 Å². The molecule has 0 radical (unpaired) electrons. The third-order valence-corrected chi connectivity index (χ3v) is 6.13. The van der Waals surface area contributed by atoms with Gasteiger partial charge in [-0.25, -0.2) is 14.6 Å². The number of anilines is 2. The number of benzene rings is 1. The van der Waals surface area contributed by atoms with E-state index in [1.807, 2.05) is 41.8 Å². The summed E-state index contributed by atoms with van der Waals surface area (Å²) in [5.41, 5.74) is 4.32. The Kier molecular flexibility index (Phi) is 6.12. The molecule has 0 atom stereocenters. The maximum Gasteiger partial charge on any atom is 0.233 e. The molecule has 0 spiro atoms. The fourth-order valence-electron chi connectivity index (χ4n) is 4.17. The lowest BCUT2D eigenvalue weighted by molar-refractivity contribution is -0.0816. The predicted octanol–water partition coefficient (Wildman–Crippen LogP) is 2.63. The second-order valence-electron chi connectivity index (χ2n) is 8.80. The molecule has 0 bridgehead atoms. The van der Waals surface area contributed by atoms with Gasteiger partial charge in [-0.2, -0.15) is 10.4 Å². The SMILES string of the molecule is Cc1cc(C#N)nn1-c1nc(-n2cnc3cc(Nc4ccc(OC5COC5)nn4)ccc32)ccc1CCO. The molecule has 12 heteroatoms. The van der Waals surface area contributed by atoms with Crippen LogP contribution < -0.4 is 10.1 Å². The number of nitrogens with zero attached hydrogens (tertiary/aromatic N) is 8. The Morgan fingerprint density at radius 3 is 2.76 bits per heavy atom. The van der Waals surface area contributed by atoms with E-state index in [-0.39, 0.29) is 12.7 Å². The van der Waals surface area contributed by atoms with Gasteiger partial charge in [0.2, 0.25) is 5.88 Å². The first-order valence-corrected chi connectivity index (χ1v) is 12.0. The van der Waals surface area contributed by atoms with Gasteiger partial charge in [-0.1, -0.05) is 6.07 Å². The standard InChI is InChI=1S/C26H23N9O3/c1-16-10-19(12-27)33-35(16)26-17(8-9-36)2-6-24(30-26)34-15-28-21-11-18(3-4-22(21)34)29-23-5-7-25(32-31-23)38-20-13-37-14-20/h2-7,10-11,15,20,36H,8-9,13-14H2,1H3,(H,29,31). The van der Waals surface area contributed by atoms with Crippen LogP contribution in [0.5, 0.6) is 5.88 Å². The second kappa shape index (κ2) is 9.89. The number of rotatable bonds is 8. The van der Waals surface area contributed by atoms with Crippen molar-refractivity contribution in [2.45, 2.75) is 19.4 Å². The molecule has 6 rings (SSSR count). The highest BCUT2D eigenvalue weighted by atomic mass is 16.6. The molecule has 5 heterocycles. The molecule has 2 N–H and O–H groups in total. The minimum atomic E-state index is -0.0289. The normalized spacial score (nSPS) is 13.3. The molecular weight excluding hydrogens is 486 g/mol. The maximum absolute atomic E-state index is 9.55. The van der Waals surface area contributed by atoms with Crippen LogP contribution in [0, 0.1) is 18.3 Å². The fraction of sp³-hybridized carbons (Fsp3) is 0.231. The number of ether oxygens (including phenoxy) is 2. The number of fused-ring (bicyclic) bond motifs is 1. The average molecular weight is 510 g/mol. The first kappa shape index (κ1) is 23.5. The molecule has 1 fully saturated rings.